The average Bonchev–Trinajstić information content (AvgIpc) is 1.62. The number of aliphatic hydroxyl groups excluding tert-OH is 3. The number of urea groups is 2. The minimum Gasteiger partial charge on any atom is -0.394 e. The third-order valence-corrected chi connectivity index (χ3v) is 19.5. The van der Waals surface area contributed by atoms with Gasteiger partial charge in [-0.2, -0.15) is 0 Å². The van der Waals surface area contributed by atoms with Crippen LogP contribution in [-0.4, -0.2) is 155 Å². The zero-order valence-corrected chi connectivity index (χ0v) is 55.7. The second-order valence-corrected chi connectivity index (χ2v) is 25.4. The molecule has 3 saturated heterocycles. The van der Waals surface area contributed by atoms with Crippen LogP contribution in [0.4, 0.5) is 32.2 Å². The van der Waals surface area contributed by atoms with Gasteiger partial charge >= 0.3 is 17.4 Å². The van der Waals surface area contributed by atoms with Gasteiger partial charge < -0.3 is 76.5 Å². The van der Waals surface area contributed by atoms with Crippen molar-refractivity contribution >= 4 is 46.9 Å². The van der Waals surface area contributed by atoms with Gasteiger partial charge in [0.2, 0.25) is 17.8 Å². The van der Waals surface area contributed by atoms with Crippen LogP contribution < -0.4 is 32.3 Å². The Morgan fingerprint density at radius 3 is 1.09 bits per heavy atom. The van der Waals surface area contributed by atoms with E-state index in [0.29, 0.717) is 55.6 Å². The average molecular weight is 1310 g/mol. The number of aromatic nitrogens is 6. The summed E-state index contributed by atoms with van der Waals surface area (Å²) in [6, 6.07) is 27.9. The molecule has 6 atom stereocenters. The highest BCUT2D eigenvalue weighted by molar-refractivity contribution is 6.62. The number of fused-ring (bicyclic) bond motifs is 3. The molecular weight excluding hydrogens is 1220 g/mol. The molecule has 6 aliphatic rings. The van der Waals surface area contributed by atoms with E-state index >= 15 is 0 Å². The quantitative estimate of drug-likeness (QED) is 0.0303. The van der Waals surface area contributed by atoms with Gasteiger partial charge in [0.1, 0.15) is 0 Å². The van der Waals surface area contributed by atoms with Gasteiger partial charge in [0.25, 0.3) is 0 Å². The van der Waals surface area contributed by atoms with Crippen LogP contribution in [0.3, 0.4) is 0 Å². The number of nitrogens with zero attached hydrogens (tertiary/aromatic N) is 9. The van der Waals surface area contributed by atoms with Crippen molar-refractivity contribution in [2.75, 3.05) is 75.4 Å². The van der Waals surface area contributed by atoms with Crippen molar-refractivity contribution in [3.8, 4) is 0 Å². The number of rotatable bonds is 17. The molecule has 6 aromatic rings. The lowest BCUT2D eigenvalue weighted by Crippen LogP contribution is -2.48. The van der Waals surface area contributed by atoms with E-state index in [2.05, 4.69) is 60.4 Å². The monoisotopic (exact) mass is 1310 g/mol. The SMILES string of the molecule is CCC1(C)c2cnc(NC3CCOCC3)nc2CN1C(=O)Cl.CC[C@@]1(C)c2cnc(NC3CCOCC3)nc2CN1C(=O)N[C@H](CO)c1ccccc1.CC[C@]1(C)c2cnc(NC3CCOCC3)nc2CN1C(=O)N[C@H](CO)c1ccccc1.N[C@H](CO)c1ccccc1. The van der Waals surface area contributed by atoms with E-state index in [4.69, 9.17) is 46.6 Å². The van der Waals surface area contributed by atoms with Gasteiger partial charge in [-0.3, -0.25) is 4.79 Å². The van der Waals surface area contributed by atoms with Crippen molar-refractivity contribution in [3.05, 3.63) is 160 Å². The molecule has 0 saturated carbocycles. The Morgan fingerprint density at radius 1 is 0.500 bits per heavy atom. The van der Waals surface area contributed by atoms with Crippen molar-refractivity contribution < 1.29 is 43.9 Å². The van der Waals surface area contributed by atoms with Gasteiger partial charge in [-0.05, 0) is 107 Å². The van der Waals surface area contributed by atoms with E-state index < -0.39 is 34.1 Å². The molecule has 0 radical (unpaired) electrons. The second kappa shape index (κ2) is 33.1. The number of hydrogen-bond acceptors (Lipinski definition) is 19. The zero-order chi connectivity index (χ0) is 66.8. The van der Waals surface area contributed by atoms with E-state index in [-0.39, 0.29) is 37.9 Å². The summed E-state index contributed by atoms with van der Waals surface area (Å²) in [6.45, 7) is 17.7. The summed E-state index contributed by atoms with van der Waals surface area (Å²) < 4.78 is 16.2. The minimum absolute atomic E-state index is 0.00398. The molecule has 506 valence electrons. The number of amides is 5. The number of aliphatic hydroxyl groups is 3. The smallest absolute Gasteiger partial charge is 0.319 e. The van der Waals surface area contributed by atoms with Crippen LogP contribution in [0, 0.1) is 0 Å². The fourth-order valence-electron chi connectivity index (χ4n) is 12.7. The number of hydrogen-bond donors (Lipinski definition) is 9. The van der Waals surface area contributed by atoms with Crippen molar-refractivity contribution in [2.45, 2.75) is 172 Å². The van der Waals surface area contributed by atoms with Gasteiger partial charge in [0, 0.05) is 93.0 Å². The Kier molecular flexibility index (Phi) is 24.9. The Morgan fingerprint density at radius 2 is 0.798 bits per heavy atom. The number of nitrogens with one attached hydrogen (secondary N) is 5. The molecule has 25 heteroatoms. The Labute approximate surface area is 556 Å². The third kappa shape index (κ3) is 16.9. The van der Waals surface area contributed by atoms with Crippen LogP contribution >= 0.6 is 11.6 Å². The number of anilines is 3. The van der Waals surface area contributed by atoms with Gasteiger partial charge in [0.15, 0.2) is 0 Å². The Balaban J connectivity index is 0.000000156. The number of ether oxygens (including phenoxy) is 3. The van der Waals surface area contributed by atoms with E-state index in [1.165, 1.54) is 0 Å². The van der Waals surface area contributed by atoms with Gasteiger partial charge in [-0.15, -0.1) is 0 Å². The predicted molar refractivity (Wildman–Crippen MR) is 359 cm³/mol. The van der Waals surface area contributed by atoms with E-state index in [1.807, 2.05) is 137 Å². The summed E-state index contributed by atoms with van der Waals surface area (Å²) in [5, 5.41) is 44.1. The predicted octanol–water partition coefficient (Wildman–Crippen LogP) is 9.45. The Bertz CT molecular complexity index is 3260. The molecule has 3 aromatic carbocycles. The molecule has 5 amide bonds. The maximum atomic E-state index is 13.3. The number of carbonyl (C=O) groups excluding carboxylic acids is 3. The van der Waals surface area contributed by atoms with Crippen LogP contribution in [0.15, 0.2) is 110 Å². The van der Waals surface area contributed by atoms with Crippen LogP contribution in [0.2, 0.25) is 0 Å². The summed E-state index contributed by atoms with van der Waals surface area (Å²) >= 11 is 5.74. The molecule has 24 nitrogen and oxygen atoms in total. The lowest BCUT2D eigenvalue weighted by molar-refractivity contribution is 0.0902. The number of halogens is 1. The van der Waals surface area contributed by atoms with E-state index in [9.17, 15) is 24.6 Å². The lowest BCUT2D eigenvalue weighted by atomic mass is 9.91. The summed E-state index contributed by atoms with van der Waals surface area (Å²) in [5.74, 6) is 1.82. The Hall–Kier alpha value is -7.68. The molecule has 1 unspecified atom stereocenters. The lowest BCUT2D eigenvalue weighted by Gasteiger charge is -2.35. The van der Waals surface area contributed by atoms with Crippen molar-refractivity contribution in [3.63, 3.8) is 0 Å². The number of carbonyl (C=O) groups is 3. The highest BCUT2D eigenvalue weighted by Crippen LogP contribution is 2.44. The highest BCUT2D eigenvalue weighted by atomic mass is 35.5. The second-order valence-electron chi connectivity index (χ2n) is 25.0. The largest absolute Gasteiger partial charge is 0.394 e. The van der Waals surface area contributed by atoms with Crippen LogP contribution in [0.5, 0.6) is 0 Å². The molecular formula is C69H94ClN15O9. The van der Waals surface area contributed by atoms with E-state index in [1.54, 1.807) is 14.7 Å². The summed E-state index contributed by atoms with van der Waals surface area (Å²) in [6.07, 6.45) is 13.4. The fourth-order valence-corrected chi connectivity index (χ4v) is 13.0. The summed E-state index contributed by atoms with van der Waals surface area (Å²) in [5.41, 5.74) is 12.4. The first-order valence-electron chi connectivity index (χ1n) is 33.0. The first kappa shape index (κ1) is 70.6. The fraction of sp³-hybridized carbons (Fsp3) is 0.522. The number of nitrogens with two attached hydrogens (primary N) is 1. The topological polar surface area (TPSA) is 313 Å². The van der Waals surface area contributed by atoms with Crippen LogP contribution in [-0.2, 0) is 50.5 Å². The first-order valence-corrected chi connectivity index (χ1v) is 33.3. The first-order chi connectivity index (χ1) is 45.5. The molecule has 0 bridgehead atoms. The van der Waals surface area contributed by atoms with Crippen molar-refractivity contribution in [1.29, 1.82) is 0 Å². The molecule has 0 aliphatic carbocycles. The van der Waals surface area contributed by atoms with Crippen molar-refractivity contribution in [1.82, 2.24) is 55.2 Å². The summed E-state index contributed by atoms with van der Waals surface area (Å²) in [7, 11) is 0. The molecule has 10 N–H and O–H groups in total. The normalized spacial score (nSPS) is 21.8. The standard InChI is InChI=1S/2C23H31N5O3.C15H21ClN4O2.C8H11NO/c2*1-3-23(2)18-13-24-21(25-17-9-11-31-12-10-17)26-19(18)14-28(23)22(30)27-20(15-29)16-7-5-4-6-8-16;1-3-15(2)11-8-17-14(18-10-4-6-22-7-5-10)19-12(11)9-20(15)13(16)21;9-8(6-10)7-4-2-1-3-5-7/h2*4-8,13,17,20,29H,3,9-12,14-15H2,1-2H3,(H,27,30)(H,24,25,26);8,10H,3-7,9H2,1-2H3,(H,17,18,19);1-5,8,10H,6,9H2/t20-,23+;20-,23-;;8-/m11.1/s1. The molecule has 0 spiro atoms. The molecule has 94 heavy (non-hydrogen) atoms. The van der Waals surface area contributed by atoms with Gasteiger partial charge in [-0.25, -0.2) is 39.5 Å². The van der Waals surface area contributed by atoms with Crippen LogP contribution in [0.25, 0.3) is 0 Å². The molecule has 9 heterocycles. The summed E-state index contributed by atoms with van der Waals surface area (Å²) in [4.78, 5) is 71.1. The maximum Gasteiger partial charge on any atom is 0.319 e. The zero-order valence-electron chi connectivity index (χ0n) is 55.0. The number of benzene rings is 3. The molecule has 3 fully saturated rings. The molecule has 6 aliphatic heterocycles. The molecule has 12 rings (SSSR count). The third-order valence-electron chi connectivity index (χ3n) is 19.3. The van der Waals surface area contributed by atoms with Gasteiger partial charge in [0.05, 0.1) is 91.3 Å². The molecule has 3 aromatic heterocycles. The minimum atomic E-state index is -0.507. The van der Waals surface area contributed by atoms with Crippen LogP contribution in [0.1, 0.15) is 168 Å². The van der Waals surface area contributed by atoms with Crippen molar-refractivity contribution in [2.24, 2.45) is 5.73 Å². The maximum absolute atomic E-state index is 13.3. The highest BCUT2D eigenvalue weighted by Gasteiger charge is 2.47. The van der Waals surface area contributed by atoms with E-state index in [0.717, 1.165) is 148 Å². The van der Waals surface area contributed by atoms with Gasteiger partial charge in [-0.1, -0.05) is 112 Å².